The minimum atomic E-state index is -0.437. The lowest BCUT2D eigenvalue weighted by atomic mass is 9.71. The van der Waals surface area contributed by atoms with Gasteiger partial charge in [-0.05, 0) is 62.1 Å². The maximum atomic E-state index is 13.3. The van der Waals surface area contributed by atoms with Crippen LogP contribution in [0.4, 0.5) is 5.69 Å². The van der Waals surface area contributed by atoms with Crippen LogP contribution >= 0.6 is 11.6 Å². The standard InChI is InChI=1S/C23H22ClN3O2/c24-18-6-2-5-17(13-18)21(28)26-19-7-3-9-23(14-19)10-11-27(22(23)29)20-8-1-4-16(12-20)15-25/h1-2,4-6,8,12-13,19H,3,7,9-11,14H2,(H,26,28). The molecule has 2 aromatic carbocycles. The lowest BCUT2D eigenvalue weighted by Crippen LogP contribution is -2.46. The molecule has 1 aliphatic carbocycles. The second-order valence-electron chi connectivity index (χ2n) is 7.93. The van der Waals surface area contributed by atoms with Gasteiger partial charge in [-0.25, -0.2) is 0 Å². The van der Waals surface area contributed by atoms with Gasteiger partial charge in [0.05, 0.1) is 17.0 Å². The highest BCUT2D eigenvalue weighted by atomic mass is 35.5. The average molecular weight is 408 g/mol. The number of nitriles is 1. The highest BCUT2D eigenvalue weighted by Gasteiger charge is 2.49. The number of amides is 2. The van der Waals surface area contributed by atoms with Crippen LogP contribution in [0.3, 0.4) is 0 Å². The van der Waals surface area contributed by atoms with Gasteiger partial charge in [-0.3, -0.25) is 9.59 Å². The summed E-state index contributed by atoms with van der Waals surface area (Å²) in [5.41, 5.74) is 1.42. The van der Waals surface area contributed by atoms with Crippen molar-refractivity contribution in [3.8, 4) is 6.07 Å². The Bertz CT molecular complexity index is 1000. The van der Waals surface area contributed by atoms with Crippen molar-refractivity contribution in [2.45, 2.75) is 38.1 Å². The van der Waals surface area contributed by atoms with Crippen LogP contribution in [0.15, 0.2) is 48.5 Å². The summed E-state index contributed by atoms with van der Waals surface area (Å²) in [5, 5.41) is 12.8. The zero-order valence-corrected chi connectivity index (χ0v) is 16.8. The third-order valence-electron chi connectivity index (χ3n) is 6.07. The van der Waals surface area contributed by atoms with Crippen molar-refractivity contribution in [1.82, 2.24) is 5.32 Å². The second kappa shape index (κ2) is 7.88. The molecule has 2 fully saturated rings. The number of carbonyl (C=O) groups is 2. The maximum absolute atomic E-state index is 13.3. The Labute approximate surface area is 175 Å². The molecule has 2 unspecified atom stereocenters. The van der Waals surface area contributed by atoms with Crippen molar-refractivity contribution in [2.24, 2.45) is 5.41 Å². The van der Waals surface area contributed by atoms with Gasteiger partial charge in [-0.15, -0.1) is 0 Å². The van der Waals surface area contributed by atoms with Crippen molar-refractivity contribution >= 4 is 29.1 Å². The number of anilines is 1. The van der Waals surface area contributed by atoms with E-state index in [-0.39, 0.29) is 17.9 Å². The van der Waals surface area contributed by atoms with Gasteiger partial charge in [0.25, 0.3) is 5.91 Å². The summed E-state index contributed by atoms with van der Waals surface area (Å²) >= 11 is 5.99. The van der Waals surface area contributed by atoms with Gasteiger partial charge >= 0.3 is 0 Å². The van der Waals surface area contributed by atoms with E-state index in [2.05, 4.69) is 11.4 Å². The number of carbonyl (C=O) groups excluding carboxylic acids is 2. The number of benzene rings is 2. The molecule has 4 rings (SSSR count). The maximum Gasteiger partial charge on any atom is 0.251 e. The van der Waals surface area contributed by atoms with E-state index in [1.165, 1.54) is 0 Å². The van der Waals surface area contributed by atoms with Crippen LogP contribution < -0.4 is 10.2 Å². The van der Waals surface area contributed by atoms with E-state index in [0.717, 1.165) is 31.4 Å². The first-order valence-corrected chi connectivity index (χ1v) is 10.3. The Balaban J connectivity index is 1.48. The molecule has 2 atom stereocenters. The topological polar surface area (TPSA) is 73.2 Å². The van der Waals surface area contributed by atoms with Crippen LogP contribution in [-0.2, 0) is 4.79 Å². The largest absolute Gasteiger partial charge is 0.349 e. The molecular formula is C23H22ClN3O2. The molecule has 1 N–H and O–H groups in total. The van der Waals surface area contributed by atoms with Gasteiger partial charge in [0.1, 0.15) is 0 Å². The fourth-order valence-electron chi connectivity index (χ4n) is 4.62. The van der Waals surface area contributed by atoms with Crippen LogP contribution in [0.1, 0.15) is 48.0 Å². The molecule has 1 spiro atoms. The summed E-state index contributed by atoms with van der Waals surface area (Å²) in [4.78, 5) is 27.7. The molecule has 0 aromatic heterocycles. The minimum absolute atomic E-state index is 0.0374. The van der Waals surface area contributed by atoms with Gasteiger partial charge in [0.15, 0.2) is 0 Å². The molecule has 2 aliphatic rings. The van der Waals surface area contributed by atoms with Crippen molar-refractivity contribution in [2.75, 3.05) is 11.4 Å². The molecule has 5 nitrogen and oxygen atoms in total. The Kier molecular flexibility index (Phi) is 5.29. The van der Waals surface area contributed by atoms with E-state index >= 15 is 0 Å². The zero-order chi connectivity index (χ0) is 20.4. The van der Waals surface area contributed by atoms with Crippen molar-refractivity contribution < 1.29 is 9.59 Å². The molecule has 2 amide bonds. The second-order valence-corrected chi connectivity index (χ2v) is 8.36. The van der Waals surface area contributed by atoms with E-state index in [0.29, 0.717) is 29.1 Å². The number of rotatable bonds is 3. The number of hydrogen-bond donors (Lipinski definition) is 1. The number of halogens is 1. The first kappa shape index (κ1) is 19.5. The summed E-state index contributed by atoms with van der Waals surface area (Å²) in [5.74, 6) is -0.0483. The van der Waals surface area contributed by atoms with Crippen molar-refractivity contribution in [3.63, 3.8) is 0 Å². The van der Waals surface area contributed by atoms with E-state index in [1.807, 2.05) is 6.07 Å². The average Bonchev–Trinajstić information content (AvgIpc) is 3.03. The molecule has 1 saturated carbocycles. The third kappa shape index (κ3) is 3.86. The summed E-state index contributed by atoms with van der Waals surface area (Å²) < 4.78 is 0. The summed E-state index contributed by atoms with van der Waals surface area (Å²) in [6.07, 6.45) is 4.02. The summed E-state index contributed by atoms with van der Waals surface area (Å²) in [7, 11) is 0. The fraction of sp³-hybridized carbons (Fsp3) is 0.348. The zero-order valence-electron chi connectivity index (χ0n) is 16.0. The van der Waals surface area contributed by atoms with Crippen LogP contribution in [-0.4, -0.2) is 24.4 Å². The lowest BCUT2D eigenvalue weighted by molar-refractivity contribution is -0.127. The van der Waals surface area contributed by atoms with Crippen LogP contribution in [0.5, 0.6) is 0 Å². The van der Waals surface area contributed by atoms with Gasteiger partial charge in [-0.2, -0.15) is 5.26 Å². The van der Waals surface area contributed by atoms with Gasteiger partial charge in [0.2, 0.25) is 5.91 Å². The Morgan fingerprint density at radius 2 is 2.03 bits per heavy atom. The van der Waals surface area contributed by atoms with Crippen LogP contribution in [0.25, 0.3) is 0 Å². The molecule has 2 aromatic rings. The van der Waals surface area contributed by atoms with E-state index in [9.17, 15) is 9.59 Å². The molecule has 0 bridgehead atoms. The molecule has 6 heteroatoms. The summed E-state index contributed by atoms with van der Waals surface area (Å²) in [6, 6.07) is 16.2. The molecule has 1 heterocycles. The quantitative estimate of drug-likeness (QED) is 0.823. The Morgan fingerprint density at radius 1 is 1.21 bits per heavy atom. The first-order chi connectivity index (χ1) is 14.0. The van der Waals surface area contributed by atoms with Crippen LogP contribution in [0.2, 0.25) is 5.02 Å². The van der Waals surface area contributed by atoms with Crippen LogP contribution in [0, 0.1) is 16.7 Å². The van der Waals surface area contributed by atoms with Crippen molar-refractivity contribution in [1.29, 1.82) is 5.26 Å². The Morgan fingerprint density at radius 3 is 2.83 bits per heavy atom. The predicted octanol–water partition coefficient (Wildman–Crippen LogP) is 4.31. The number of hydrogen-bond acceptors (Lipinski definition) is 3. The minimum Gasteiger partial charge on any atom is -0.349 e. The van der Waals surface area contributed by atoms with E-state index in [1.54, 1.807) is 47.4 Å². The fourth-order valence-corrected chi connectivity index (χ4v) is 4.81. The molecule has 0 radical (unpaired) electrons. The highest BCUT2D eigenvalue weighted by Crippen LogP contribution is 2.46. The Hall–Kier alpha value is -2.84. The third-order valence-corrected chi connectivity index (χ3v) is 6.30. The molecule has 1 aliphatic heterocycles. The summed E-state index contributed by atoms with van der Waals surface area (Å²) in [6.45, 7) is 0.642. The molecular weight excluding hydrogens is 386 g/mol. The highest BCUT2D eigenvalue weighted by molar-refractivity contribution is 6.30. The smallest absolute Gasteiger partial charge is 0.251 e. The number of nitrogens with zero attached hydrogens (tertiary/aromatic N) is 2. The molecule has 148 valence electrons. The van der Waals surface area contributed by atoms with E-state index < -0.39 is 5.41 Å². The van der Waals surface area contributed by atoms with Gasteiger partial charge in [-0.1, -0.05) is 30.2 Å². The lowest BCUT2D eigenvalue weighted by Gasteiger charge is -2.37. The molecule has 29 heavy (non-hydrogen) atoms. The normalized spacial score (nSPS) is 23.8. The first-order valence-electron chi connectivity index (χ1n) is 9.89. The van der Waals surface area contributed by atoms with Gasteiger partial charge < -0.3 is 10.2 Å². The SMILES string of the molecule is N#Cc1cccc(N2CCC3(CCCC(NC(=O)c4cccc(Cl)c4)C3)C2=O)c1. The predicted molar refractivity (Wildman–Crippen MR) is 112 cm³/mol. The molecule has 1 saturated heterocycles. The van der Waals surface area contributed by atoms with Gasteiger partial charge in [0, 0.05) is 28.9 Å². The van der Waals surface area contributed by atoms with E-state index in [4.69, 9.17) is 16.9 Å². The number of nitrogens with one attached hydrogen (secondary N) is 1. The monoisotopic (exact) mass is 407 g/mol. The van der Waals surface area contributed by atoms with Crippen molar-refractivity contribution in [3.05, 3.63) is 64.7 Å².